The number of rotatable bonds is 5. The van der Waals surface area contributed by atoms with Gasteiger partial charge in [-0.15, -0.1) is 0 Å². The van der Waals surface area contributed by atoms with Crippen molar-refractivity contribution in [2.75, 3.05) is 5.32 Å². The minimum absolute atomic E-state index is 0.283. The van der Waals surface area contributed by atoms with Gasteiger partial charge in [-0.05, 0) is 25.5 Å². The highest BCUT2D eigenvalue weighted by molar-refractivity contribution is 5.88. The second-order valence-corrected chi connectivity index (χ2v) is 4.66. The summed E-state index contributed by atoms with van der Waals surface area (Å²) in [4.78, 5) is 14.7. The van der Waals surface area contributed by atoms with E-state index in [1.54, 1.807) is 12.3 Å². The van der Waals surface area contributed by atoms with Crippen LogP contribution < -0.4 is 5.32 Å². The average Bonchev–Trinajstić information content (AvgIpc) is 2.85. The lowest BCUT2D eigenvalue weighted by Gasteiger charge is -2.06. The lowest BCUT2D eigenvalue weighted by molar-refractivity contribution is 0.0466. The zero-order valence-electron chi connectivity index (χ0n) is 11.1. The molecule has 0 bridgehead atoms. The Morgan fingerprint density at radius 2 is 2.05 bits per heavy atom. The van der Waals surface area contributed by atoms with Crippen molar-refractivity contribution in [1.82, 2.24) is 4.98 Å². The number of carbonyl (C=O) groups excluding carboxylic acids is 1. The molecular formula is C15H18N2O2. The van der Waals surface area contributed by atoms with Crippen molar-refractivity contribution in [1.29, 1.82) is 0 Å². The van der Waals surface area contributed by atoms with E-state index in [2.05, 4.69) is 10.3 Å². The smallest absolute Gasteiger partial charge is 0.355 e. The summed E-state index contributed by atoms with van der Waals surface area (Å²) >= 11 is 0. The van der Waals surface area contributed by atoms with Crippen molar-refractivity contribution in [2.45, 2.75) is 26.5 Å². The molecule has 0 fully saturated rings. The molecule has 2 rings (SSSR count). The van der Waals surface area contributed by atoms with Gasteiger partial charge in [0.15, 0.2) is 0 Å². The monoisotopic (exact) mass is 258 g/mol. The van der Waals surface area contributed by atoms with Crippen LogP contribution in [0.2, 0.25) is 0 Å². The predicted molar refractivity (Wildman–Crippen MR) is 75.1 cm³/mol. The fourth-order valence-corrected chi connectivity index (χ4v) is 1.73. The van der Waals surface area contributed by atoms with Gasteiger partial charge >= 0.3 is 5.97 Å². The first-order chi connectivity index (χ1) is 9.15. The normalized spacial score (nSPS) is 10.5. The van der Waals surface area contributed by atoms with E-state index in [9.17, 15) is 4.79 Å². The number of esters is 1. The average molecular weight is 258 g/mol. The fraction of sp³-hybridized carbons (Fsp3) is 0.267. The summed E-state index contributed by atoms with van der Waals surface area (Å²) in [5.74, 6) is -0.347. The Bertz CT molecular complexity index is 532. The summed E-state index contributed by atoms with van der Waals surface area (Å²) in [6.07, 6.45) is 1.76. The van der Waals surface area contributed by atoms with Crippen LogP contribution in [0.3, 0.4) is 0 Å². The van der Waals surface area contributed by atoms with Crippen molar-refractivity contribution in [2.24, 2.45) is 0 Å². The minimum atomic E-state index is -0.347. The number of hydrogen-bond donors (Lipinski definition) is 2. The molecule has 0 atom stereocenters. The molecule has 100 valence electrons. The number of benzene rings is 1. The molecule has 0 radical (unpaired) electrons. The van der Waals surface area contributed by atoms with E-state index in [0.29, 0.717) is 11.7 Å². The maximum atomic E-state index is 11.8. The van der Waals surface area contributed by atoms with Crippen LogP contribution in [0.15, 0.2) is 42.6 Å². The summed E-state index contributed by atoms with van der Waals surface area (Å²) in [5.41, 5.74) is 2.32. The Labute approximate surface area is 112 Å². The predicted octanol–water partition coefficient (Wildman–Crippen LogP) is 3.19. The lowest BCUT2D eigenvalue weighted by atomic mass is 10.2. The minimum Gasteiger partial charge on any atom is -0.456 e. The van der Waals surface area contributed by atoms with Crippen LogP contribution in [-0.2, 0) is 11.3 Å². The Morgan fingerprint density at radius 3 is 2.74 bits per heavy atom. The van der Waals surface area contributed by atoms with Crippen LogP contribution in [0.5, 0.6) is 0 Å². The van der Waals surface area contributed by atoms with Gasteiger partial charge in [-0.25, -0.2) is 4.79 Å². The zero-order chi connectivity index (χ0) is 13.7. The van der Waals surface area contributed by atoms with Gasteiger partial charge in [0.2, 0.25) is 0 Å². The summed E-state index contributed by atoms with van der Waals surface area (Å²) in [5, 5.41) is 3.21. The largest absolute Gasteiger partial charge is 0.456 e. The number of H-pyrrole nitrogens is 1. The second-order valence-electron chi connectivity index (χ2n) is 4.66. The van der Waals surface area contributed by atoms with Crippen LogP contribution in [0.1, 0.15) is 29.9 Å². The van der Waals surface area contributed by atoms with E-state index in [1.165, 1.54) is 0 Å². The molecule has 2 aromatic rings. The Kier molecular flexibility index (Phi) is 4.23. The molecule has 1 aromatic carbocycles. The van der Waals surface area contributed by atoms with Gasteiger partial charge in [0.25, 0.3) is 0 Å². The molecule has 19 heavy (non-hydrogen) atoms. The first-order valence-corrected chi connectivity index (χ1v) is 6.31. The first kappa shape index (κ1) is 13.2. The molecule has 0 aliphatic carbocycles. The van der Waals surface area contributed by atoms with Gasteiger partial charge in [-0.3, -0.25) is 0 Å². The van der Waals surface area contributed by atoms with Crippen molar-refractivity contribution in [3.05, 3.63) is 53.9 Å². The van der Waals surface area contributed by atoms with Crippen LogP contribution in [-0.4, -0.2) is 17.0 Å². The van der Waals surface area contributed by atoms with Gasteiger partial charge < -0.3 is 15.0 Å². The number of hydrogen-bond acceptors (Lipinski definition) is 3. The maximum Gasteiger partial charge on any atom is 0.355 e. The quantitative estimate of drug-likeness (QED) is 0.810. The molecule has 0 saturated carbocycles. The Balaban J connectivity index is 1.91. The summed E-state index contributed by atoms with van der Waals surface area (Å²) in [7, 11) is 0. The van der Waals surface area contributed by atoms with Gasteiger partial charge in [0.05, 0.1) is 5.69 Å². The molecular weight excluding hydrogens is 240 g/mol. The SMILES string of the molecule is CC(C)Nc1c[nH]c(C(=O)OCc2ccccc2)c1. The number of anilines is 1. The van der Waals surface area contributed by atoms with Gasteiger partial charge in [0.1, 0.15) is 12.3 Å². The Hall–Kier alpha value is -2.23. The van der Waals surface area contributed by atoms with E-state index >= 15 is 0 Å². The molecule has 1 heterocycles. The third-order valence-electron chi connectivity index (χ3n) is 2.57. The molecule has 0 unspecified atom stereocenters. The third-order valence-corrected chi connectivity index (χ3v) is 2.57. The van der Waals surface area contributed by atoms with Crippen LogP contribution in [0, 0.1) is 0 Å². The van der Waals surface area contributed by atoms with E-state index in [-0.39, 0.29) is 12.6 Å². The van der Waals surface area contributed by atoms with Gasteiger partial charge in [0, 0.05) is 12.2 Å². The van der Waals surface area contributed by atoms with E-state index in [0.717, 1.165) is 11.3 Å². The highest BCUT2D eigenvalue weighted by Crippen LogP contribution is 2.12. The molecule has 1 aromatic heterocycles. The van der Waals surface area contributed by atoms with Crippen LogP contribution in [0.25, 0.3) is 0 Å². The van der Waals surface area contributed by atoms with Crippen LogP contribution >= 0.6 is 0 Å². The highest BCUT2D eigenvalue weighted by Gasteiger charge is 2.10. The lowest BCUT2D eigenvalue weighted by Crippen LogP contribution is -2.08. The zero-order valence-corrected chi connectivity index (χ0v) is 11.1. The topological polar surface area (TPSA) is 54.1 Å². The van der Waals surface area contributed by atoms with Crippen molar-refractivity contribution < 1.29 is 9.53 Å². The maximum absolute atomic E-state index is 11.8. The first-order valence-electron chi connectivity index (χ1n) is 6.31. The van der Waals surface area contributed by atoms with E-state index in [4.69, 9.17) is 4.74 Å². The van der Waals surface area contributed by atoms with E-state index in [1.807, 2.05) is 44.2 Å². The standard InChI is InChI=1S/C15H18N2O2/c1-11(2)17-13-8-14(16-9-13)15(18)19-10-12-6-4-3-5-7-12/h3-9,11,16-17H,10H2,1-2H3. The van der Waals surface area contributed by atoms with Gasteiger partial charge in [-0.1, -0.05) is 30.3 Å². The number of aromatic amines is 1. The summed E-state index contributed by atoms with van der Waals surface area (Å²) < 4.78 is 5.23. The summed E-state index contributed by atoms with van der Waals surface area (Å²) in [6.45, 7) is 4.37. The molecule has 0 aliphatic rings. The molecule has 0 saturated heterocycles. The number of aromatic nitrogens is 1. The highest BCUT2D eigenvalue weighted by atomic mass is 16.5. The van der Waals surface area contributed by atoms with Crippen molar-refractivity contribution in [3.8, 4) is 0 Å². The van der Waals surface area contributed by atoms with Crippen LogP contribution in [0.4, 0.5) is 5.69 Å². The number of nitrogens with one attached hydrogen (secondary N) is 2. The molecule has 0 spiro atoms. The molecule has 4 nitrogen and oxygen atoms in total. The fourth-order valence-electron chi connectivity index (χ4n) is 1.73. The second kappa shape index (κ2) is 6.09. The summed E-state index contributed by atoms with van der Waals surface area (Å²) in [6, 6.07) is 11.7. The van der Waals surface area contributed by atoms with Crippen molar-refractivity contribution in [3.63, 3.8) is 0 Å². The molecule has 0 amide bonds. The Morgan fingerprint density at radius 1 is 1.32 bits per heavy atom. The number of carbonyl (C=O) groups is 1. The molecule has 2 N–H and O–H groups in total. The third kappa shape index (κ3) is 3.88. The molecule has 0 aliphatic heterocycles. The van der Waals surface area contributed by atoms with E-state index < -0.39 is 0 Å². The molecule has 4 heteroatoms. The van der Waals surface area contributed by atoms with Gasteiger partial charge in [-0.2, -0.15) is 0 Å². The van der Waals surface area contributed by atoms with Crippen molar-refractivity contribution >= 4 is 11.7 Å². The number of ether oxygens (including phenoxy) is 1.